The smallest absolute Gasteiger partial charge is 0.124 e. The van der Waals surface area contributed by atoms with Crippen LogP contribution in [0.4, 0.5) is 0 Å². The van der Waals surface area contributed by atoms with Crippen molar-refractivity contribution in [2.75, 3.05) is 0 Å². The highest BCUT2D eigenvalue weighted by molar-refractivity contribution is 5.36. The SMILES string of the molecule is NCc1ccccc1OC1CCCc2ccccc21. The summed E-state index contributed by atoms with van der Waals surface area (Å²) >= 11 is 0. The van der Waals surface area contributed by atoms with Gasteiger partial charge in [-0.25, -0.2) is 0 Å². The van der Waals surface area contributed by atoms with Gasteiger partial charge in [0.15, 0.2) is 0 Å². The van der Waals surface area contributed by atoms with E-state index in [9.17, 15) is 0 Å². The van der Waals surface area contributed by atoms with Gasteiger partial charge in [0.05, 0.1) is 0 Å². The summed E-state index contributed by atoms with van der Waals surface area (Å²) < 4.78 is 6.22. The number of aryl methyl sites for hydroxylation is 1. The van der Waals surface area contributed by atoms with Crippen LogP contribution in [0, 0.1) is 0 Å². The number of nitrogens with two attached hydrogens (primary N) is 1. The van der Waals surface area contributed by atoms with E-state index in [1.807, 2.05) is 24.3 Å². The average molecular weight is 253 g/mol. The van der Waals surface area contributed by atoms with Crippen LogP contribution in [0.2, 0.25) is 0 Å². The fourth-order valence-electron chi connectivity index (χ4n) is 2.77. The molecule has 1 aliphatic rings. The molecule has 3 rings (SSSR count). The lowest BCUT2D eigenvalue weighted by molar-refractivity contribution is 0.181. The number of para-hydroxylation sites is 1. The minimum Gasteiger partial charge on any atom is -0.485 e. The van der Waals surface area contributed by atoms with Crippen molar-refractivity contribution in [3.8, 4) is 5.75 Å². The van der Waals surface area contributed by atoms with Crippen LogP contribution in [0.3, 0.4) is 0 Å². The molecular formula is C17H19NO. The Bertz CT molecular complexity index is 565. The summed E-state index contributed by atoms with van der Waals surface area (Å²) in [6.45, 7) is 0.518. The third-order valence-corrected chi connectivity index (χ3v) is 3.78. The van der Waals surface area contributed by atoms with Crippen LogP contribution in [0.5, 0.6) is 5.75 Å². The molecule has 0 radical (unpaired) electrons. The van der Waals surface area contributed by atoms with Crippen molar-refractivity contribution in [3.63, 3.8) is 0 Å². The molecule has 2 N–H and O–H groups in total. The van der Waals surface area contributed by atoms with Crippen LogP contribution in [-0.2, 0) is 13.0 Å². The van der Waals surface area contributed by atoms with Gasteiger partial charge < -0.3 is 10.5 Å². The lowest BCUT2D eigenvalue weighted by Crippen LogP contribution is -2.16. The van der Waals surface area contributed by atoms with Gasteiger partial charge in [-0.05, 0) is 36.5 Å². The molecule has 2 aromatic carbocycles. The summed E-state index contributed by atoms with van der Waals surface area (Å²) in [4.78, 5) is 0. The minimum atomic E-state index is 0.164. The van der Waals surface area contributed by atoms with E-state index in [1.54, 1.807) is 0 Å². The van der Waals surface area contributed by atoms with Crippen LogP contribution in [0.1, 0.15) is 35.6 Å². The first kappa shape index (κ1) is 12.2. The molecule has 0 bridgehead atoms. The standard InChI is InChI=1S/C17H19NO/c18-12-14-7-2-4-10-16(14)19-17-11-5-8-13-6-1-3-9-15(13)17/h1-4,6-7,9-10,17H,5,8,11-12,18H2. The Balaban J connectivity index is 1.88. The topological polar surface area (TPSA) is 35.2 Å². The van der Waals surface area contributed by atoms with Crippen LogP contribution < -0.4 is 10.5 Å². The zero-order valence-corrected chi connectivity index (χ0v) is 11.0. The molecule has 0 fully saturated rings. The summed E-state index contributed by atoms with van der Waals surface area (Å²) in [5.41, 5.74) is 9.60. The molecule has 98 valence electrons. The lowest BCUT2D eigenvalue weighted by Gasteiger charge is -2.27. The van der Waals surface area contributed by atoms with E-state index in [1.165, 1.54) is 17.5 Å². The summed E-state index contributed by atoms with van der Waals surface area (Å²) in [7, 11) is 0. The maximum atomic E-state index is 6.22. The summed E-state index contributed by atoms with van der Waals surface area (Å²) in [6, 6.07) is 16.6. The first-order valence-electron chi connectivity index (χ1n) is 6.91. The first-order chi connectivity index (χ1) is 9.38. The molecule has 2 nitrogen and oxygen atoms in total. The number of rotatable bonds is 3. The van der Waals surface area contributed by atoms with Crippen LogP contribution >= 0.6 is 0 Å². The molecule has 1 unspecified atom stereocenters. The normalized spacial score (nSPS) is 17.8. The van der Waals surface area contributed by atoms with Crippen molar-refractivity contribution in [1.29, 1.82) is 0 Å². The van der Waals surface area contributed by atoms with E-state index in [2.05, 4.69) is 24.3 Å². The predicted molar refractivity (Wildman–Crippen MR) is 77.1 cm³/mol. The van der Waals surface area contributed by atoms with Crippen molar-refractivity contribution in [3.05, 3.63) is 65.2 Å². The Morgan fingerprint density at radius 1 is 1.05 bits per heavy atom. The molecule has 0 saturated carbocycles. The molecule has 0 aliphatic heterocycles. The summed E-state index contributed by atoms with van der Waals surface area (Å²) in [6.07, 6.45) is 3.59. The van der Waals surface area contributed by atoms with Gasteiger partial charge in [-0.2, -0.15) is 0 Å². The zero-order chi connectivity index (χ0) is 13.1. The Labute approximate surface area is 114 Å². The molecule has 0 aromatic heterocycles. The Morgan fingerprint density at radius 3 is 2.74 bits per heavy atom. The van der Waals surface area contributed by atoms with Gasteiger partial charge >= 0.3 is 0 Å². The molecule has 1 atom stereocenters. The summed E-state index contributed by atoms with van der Waals surface area (Å²) in [5.74, 6) is 0.923. The van der Waals surface area contributed by atoms with E-state index in [-0.39, 0.29) is 6.10 Å². The van der Waals surface area contributed by atoms with Crippen molar-refractivity contribution < 1.29 is 4.74 Å². The fraction of sp³-hybridized carbons (Fsp3) is 0.294. The van der Waals surface area contributed by atoms with E-state index in [4.69, 9.17) is 10.5 Å². The molecule has 0 spiro atoms. The van der Waals surface area contributed by atoms with Crippen molar-refractivity contribution >= 4 is 0 Å². The number of benzene rings is 2. The number of ether oxygens (including phenoxy) is 1. The van der Waals surface area contributed by atoms with Gasteiger partial charge in [0.1, 0.15) is 11.9 Å². The van der Waals surface area contributed by atoms with Crippen LogP contribution in [0.15, 0.2) is 48.5 Å². The third kappa shape index (κ3) is 2.49. The maximum absolute atomic E-state index is 6.22. The number of hydrogen-bond acceptors (Lipinski definition) is 2. The second kappa shape index (κ2) is 5.45. The van der Waals surface area contributed by atoms with Gasteiger partial charge in [0.2, 0.25) is 0 Å². The van der Waals surface area contributed by atoms with Gasteiger partial charge in [-0.1, -0.05) is 42.5 Å². The predicted octanol–water partition coefficient (Wildman–Crippen LogP) is 3.60. The molecule has 1 aliphatic carbocycles. The van der Waals surface area contributed by atoms with Crippen molar-refractivity contribution in [1.82, 2.24) is 0 Å². The summed E-state index contributed by atoms with van der Waals surface area (Å²) in [5, 5.41) is 0. The lowest BCUT2D eigenvalue weighted by atomic mass is 9.89. The Morgan fingerprint density at radius 2 is 1.84 bits per heavy atom. The van der Waals surface area contributed by atoms with Gasteiger partial charge in [0, 0.05) is 12.1 Å². The zero-order valence-electron chi connectivity index (χ0n) is 11.0. The molecule has 0 amide bonds. The third-order valence-electron chi connectivity index (χ3n) is 3.78. The van der Waals surface area contributed by atoms with E-state index >= 15 is 0 Å². The van der Waals surface area contributed by atoms with E-state index < -0.39 is 0 Å². The van der Waals surface area contributed by atoms with Gasteiger partial charge in [-0.15, -0.1) is 0 Å². The van der Waals surface area contributed by atoms with Crippen LogP contribution in [0.25, 0.3) is 0 Å². The quantitative estimate of drug-likeness (QED) is 0.907. The molecule has 2 aromatic rings. The maximum Gasteiger partial charge on any atom is 0.124 e. The highest BCUT2D eigenvalue weighted by atomic mass is 16.5. The highest BCUT2D eigenvalue weighted by Crippen LogP contribution is 2.34. The number of fused-ring (bicyclic) bond motifs is 1. The molecule has 19 heavy (non-hydrogen) atoms. The van der Waals surface area contributed by atoms with E-state index in [0.29, 0.717) is 6.54 Å². The molecule has 0 heterocycles. The molecule has 0 saturated heterocycles. The fourth-order valence-corrected chi connectivity index (χ4v) is 2.77. The second-order valence-electron chi connectivity index (χ2n) is 5.01. The van der Waals surface area contributed by atoms with Gasteiger partial charge in [-0.3, -0.25) is 0 Å². The highest BCUT2D eigenvalue weighted by Gasteiger charge is 2.21. The molecular weight excluding hydrogens is 234 g/mol. The number of hydrogen-bond donors (Lipinski definition) is 1. The van der Waals surface area contributed by atoms with Gasteiger partial charge in [0.25, 0.3) is 0 Å². The molecule has 2 heteroatoms. The minimum absolute atomic E-state index is 0.164. The first-order valence-corrected chi connectivity index (χ1v) is 6.91. The van der Waals surface area contributed by atoms with Crippen LogP contribution in [-0.4, -0.2) is 0 Å². The average Bonchev–Trinajstić information content (AvgIpc) is 2.48. The monoisotopic (exact) mass is 253 g/mol. The van der Waals surface area contributed by atoms with Crippen molar-refractivity contribution in [2.24, 2.45) is 5.73 Å². The second-order valence-corrected chi connectivity index (χ2v) is 5.01. The largest absolute Gasteiger partial charge is 0.485 e. The Kier molecular flexibility index (Phi) is 3.51. The Hall–Kier alpha value is -1.80. The van der Waals surface area contributed by atoms with E-state index in [0.717, 1.165) is 24.2 Å². The van der Waals surface area contributed by atoms with Crippen molar-refractivity contribution in [2.45, 2.75) is 31.9 Å².